The molecule has 0 fully saturated rings. The number of nitrogens with zero attached hydrogens (tertiary/aromatic N) is 3. The van der Waals surface area contributed by atoms with Crippen molar-refractivity contribution in [3.63, 3.8) is 0 Å². The number of hydrogen-bond acceptors (Lipinski definition) is 9. The number of aromatic nitrogens is 2. The number of nitrogen functional groups attached to an aromatic ring is 1. The van der Waals surface area contributed by atoms with Crippen molar-refractivity contribution in [2.24, 2.45) is 17.6 Å². The average Bonchev–Trinajstić information content (AvgIpc) is 2.87. The first kappa shape index (κ1) is 19.4. The largest absolute Gasteiger partial charge is 0.506 e. The summed E-state index contributed by atoms with van der Waals surface area (Å²) in [5, 5.41) is 29.9. The van der Waals surface area contributed by atoms with Crippen molar-refractivity contribution >= 4 is 11.8 Å². The minimum Gasteiger partial charge on any atom is -0.506 e. The zero-order chi connectivity index (χ0) is 19.6. The topological polar surface area (TPSA) is 177 Å². The molecule has 3 atom stereocenters. The van der Waals surface area contributed by atoms with Crippen molar-refractivity contribution in [3.05, 3.63) is 34.3 Å². The maximum absolute atomic E-state index is 12.2. The van der Waals surface area contributed by atoms with E-state index in [0.29, 0.717) is 0 Å². The maximum atomic E-state index is 12.2. The van der Waals surface area contributed by atoms with Gasteiger partial charge in [0.2, 0.25) is 0 Å². The van der Waals surface area contributed by atoms with E-state index in [1.54, 1.807) is 13.8 Å². The standard InChI is InChI=1S/C16H21N5O5/c1-8(2)11(19)14(24)26-12-9(6-22)5-16(7-17,13(12)23)21-4-3-10(18)20-15(21)25/h3-4,8-9,11,22-23H,5-6,19H2,1-2H3,(H2,18,20,25)/t9-,11-,16+/m1/s1. The number of nitriles is 1. The monoisotopic (exact) mass is 363 g/mol. The molecule has 6 N–H and O–H groups in total. The van der Waals surface area contributed by atoms with E-state index in [1.165, 1.54) is 12.3 Å². The van der Waals surface area contributed by atoms with Crippen molar-refractivity contribution in [1.29, 1.82) is 5.26 Å². The van der Waals surface area contributed by atoms with Gasteiger partial charge in [0, 0.05) is 18.5 Å². The average molecular weight is 363 g/mol. The first-order valence-corrected chi connectivity index (χ1v) is 7.96. The van der Waals surface area contributed by atoms with Crippen LogP contribution in [0.15, 0.2) is 28.6 Å². The van der Waals surface area contributed by atoms with E-state index in [4.69, 9.17) is 16.2 Å². The Kier molecular flexibility index (Phi) is 5.34. The van der Waals surface area contributed by atoms with Crippen LogP contribution in [-0.4, -0.2) is 38.4 Å². The number of allylic oxidation sites excluding steroid dienone is 1. The second-order valence-electron chi connectivity index (χ2n) is 6.46. The molecule has 1 heterocycles. The molecule has 1 aromatic rings. The molecule has 0 aromatic carbocycles. The van der Waals surface area contributed by atoms with Crippen LogP contribution in [0.1, 0.15) is 20.3 Å². The van der Waals surface area contributed by atoms with E-state index in [0.717, 1.165) is 4.57 Å². The number of nitrogens with two attached hydrogens (primary N) is 2. The quantitative estimate of drug-likeness (QED) is 0.495. The minimum atomic E-state index is -1.87. The van der Waals surface area contributed by atoms with E-state index in [2.05, 4.69) is 4.98 Å². The summed E-state index contributed by atoms with van der Waals surface area (Å²) in [6.07, 6.45) is 1.03. The van der Waals surface area contributed by atoms with Crippen LogP contribution < -0.4 is 17.2 Å². The first-order chi connectivity index (χ1) is 12.2. The zero-order valence-corrected chi connectivity index (χ0v) is 14.4. The molecule has 0 saturated carbocycles. The Labute approximate surface area is 149 Å². The molecule has 10 nitrogen and oxygen atoms in total. The predicted molar refractivity (Wildman–Crippen MR) is 90.2 cm³/mol. The summed E-state index contributed by atoms with van der Waals surface area (Å²) in [6, 6.07) is 2.20. The Morgan fingerprint density at radius 1 is 1.62 bits per heavy atom. The Balaban J connectivity index is 2.53. The molecule has 0 radical (unpaired) electrons. The Bertz CT molecular complexity index is 840. The molecule has 2 rings (SSSR count). The van der Waals surface area contributed by atoms with E-state index in [1.807, 2.05) is 6.07 Å². The summed E-state index contributed by atoms with van der Waals surface area (Å²) in [4.78, 5) is 27.8. The zero-order valence-electron chi connectivity index (χ0n) is 14.4. The van der Waals surface area contributed by atoms with Crippen LogP contribution in [-0.2, 0) is 15.1 Å². The second-order valence-corrected chi connectivity index (χ2v) is 6.46. The molecule has 1 aliphatic carbocycles. The highest BCUT2D eigenvalue weighted by molar-refractivity contribution is 5.77. The van der Waals surface area contributed by atoms with Crippen molar-refractivity contribution in [1.82, 2.24) is 9.55 Å². The van der Waals surface area contributed by atoms with Crippen LogP contribution in [0.2, 0.25) is 0 Å². The van der Waals surface area contributed by atoms with E-state index < -0.39 is 41.5 Å². The smallest absolute Gasteiger partial charge is 0.351 e. The highest BCUT2D eigenvalue weighted by Crippen LogP contribution is 2.43. The summed E-state index contributed by atoms with van der Waals surface area (Å²) in [6.45, 7) is 2.93. The molecule has 1 aromatic heterocycles. The third-order valence-electron chi connectivity index (χ3n) is 4.38. The third kappa shape index (κ3) is 3.14. The minimum absolute atomic E-state index is 0.0472. The van der Waals surface area contributed by atoms with Gasteiger partial charge in [-0.05, 0) is 12.0 Å². The van der Waals surface area contributed by atoms with Crippen LogP contribution in [0.4, 0.5) is 5.82 Å². The number of esters is 1. The number of carbonyl (C=O) groups excluding carboxylic acids is 1. The van der Waals surface area contributed by atoms with Crippen LogP contribution in [0.3, 0.4) is 0 Å². The number of aliphatic hydroxyl groups is 2. The number of ether oxygens (including phenoxy) is 1. The van der Waals surface area contributed by atoms with Gasteiger partial charge < -0.3 is 26.4 Å². The highest BCUT2D eigenvalue weighted by Gasteiger charge is 2.51. The Morgan fingerprint density at radius 3 is 2.77 bits per heavy atom. The molecular weight excluding hydrogens is 342 g/mol. The van der Waals surface area contributed by atoms with Gasteiger partial charge in [-0.3, -0.25) is 4.57 Å². The predicted octanol–water partition coefficient (Wildman–Crippen LogP) is -0.647. The summed E-state index contributed by atoms with van der Waals surface area (Å²) in [5.74, 6) is -2.87. The van der Waals surface area contributed by atoms with Crippen LogP contribution >= 0.6 is 0 Å². The molecule has 0 aliphatic heterocycles. The van der Waals surface area contributed by atoms with Gasteiger partial charge in [-0.2, -0.15) is 10.2 Å². The van der Waals surface area contributed by atoms with Gasteiger partial charge in [0.1, 0.15) is 11.9 Å². The lowest BCUT2D eigenvalue weighted by Crippen LogP contribution is -2.41. The van der Waals surface area contributed by atoms with Crippen molar-refractivity contribution in [3.8, 4) is 6.07 Å². The number of anilines is 1. The van der Waals surface area contributed by atoms with Gasteiger partial charge in [0.05, 0.1) is 12.7 Å². The molecule has 26 heavy (non-hydrogen) atoms. The van der Waals surface area contributed by atoms with E-state index in [-0.39, 0.29) is 23.9 Å². The van der Waals surface area contributed by atoms with Gasteiger partial charge in [-0.1, -0.05) is 13.8 Å². The lowest BCUT2D eigenvalue weighted by atomic mass is 9.95. The fraction of sp³-hybridized carbons (Fsp3) is 0.500. The molecule has 1 aliphatic rings. The van der Waals surface area contributed by atoms with Gasteiger partial charge >= 0.3 is 11.7 Å². The van der Waals surface area contributed by atoms with Crippen molar-refractivity contribution in [2.75, 3.05) is 12.3 Å². The summed E-state index contributed by atoms with van der Waals surface area (Å²) < 4.78 is 6.08. The fourth-order valence-electron chi connectivity index (χ4n) is 2.74. The van der Waals surface area contributed by atoms with Gasteiger partial charge in [0.15, 0.2) is 17.1 Å². The Morgan fingerprint density at radius 2 is 2.27 bits per heavy atom. The van der Waals surface area contributed by atoms with Gasteiger partial charge in [0.25, 0.3) is 0 Å². The third-order valence-corrected chi connectivity index (χ3v) is 4.38. The van der Waals surface area contributed by atoms with Gasteiger partial charge in [-0.25, -0.2) is 9.59 Å². The number of rotatable bonds is 5. The molecule has 0 spiro atoms. The first-order valence-electron chi connectivity index (χ1n) is 7.96. The maximum Gasteiger partial charge on any atom is 0.351 e. The lowest BCUT2D eigenvalue weighted by Gasteiger charge is -2.23. The van der Waals surface area contributed by atoms with Crippen LogP contribution in [0.25, 0.3) is 0 Å². The Hall–Kier alpha value is -2.90. The lowest BCUT2D eigenvalue weighted by molar-refractivity contribution is -0.143. The van der Waals surface area contributed by atoms with E-state index in [9.17, 15) is 25.1 Å². The number of hydrogen-bond donors (Lipinski definition) is 4. The second kappa shape index (κ2) is 7.15. The molecule has 0 amide bonds. The summed E-state index contributed by atoms with van der Waals surface area (Å²) >= 11 is 0. The molecular formula is C16H21N5O5. The molecule has 0 saturated heterocycles. The van der Waals surface area contributed by atoms with Crippen molar-refractivity contribution in [2.45, 2.75) is 31.8 Å². The number of carbonyl (C=O) groups is 1. The fourth-order valence-corrected chi connectivity index (χ4v) is 2.74. The molecule has 10 heteroatoms. The van der Waals surface area contributed by atoms with E-state index >= 15 is 0 Å². The summed E-state index contributed by atoms with van der Waals surface area (Å²) in [5.41, 5.74) is 8.45. The molecule has 0 bridgehead atoms. The summed E-state index contributed by atoms with van der Waals surface area (Å²) in [7, 11) is 0. The van der Waals surface area contributed by atoms with Crippen molar-refractivity contribution < 1.29 is 19.7 Å². The highest BCUT2D eigenvalue weighted by atomic mass is 16.5. The molecule has 140 valence electrons. The van der Waals surface area contributed by atoms with Gasteiger partial charge in [-0.15, -0.1) is 0 Å². The van der Waals surface area contributed by atoms with Crippen LogP contribution in [0.5, 0.6) is 0 Å². The molecule has 0 unspecified atom stereocenters. The number of aliphatic hydroxyl groups excluding tert-OH is 2. The normalized spacial score (nSPS) is 23.8. The SMILES string of the molecule is CC(C)[C@@H](N)C(=O)OC1=C(O)[C@](C#N)(n2ccc(N)nc2=O)C[C@@H]1CO. The van der Waals surface area contributed by atoms with Crippen LogP contribution in [0, 0.1) is 23.2 Å².